The second-order valence-corrected chi connectivity index (χ2v) is 8.34. The van der Waals surface area contributed by atoms with Crippen LogP contribution >= 0.6 is 0 Å². The van der Waals surface area contributed by atoms with Gasteiger partial charge in [0.1, 0.15) is 0 Å². The van der Waals surface area contributed by atoms with Gasteiger partial charge in [0.25, 0.3) is 0 Å². The molecule has 2 aliphatic rings. The van der Waals surface area contributed by atoms with Crippen molar-refractivity contribution in [2.24, 2.45) is 0 Å². The van der Waals surface area contributed by atoms with Crippen molar-refractivity contribution in [1.82, 2.24) is 15.2 Å². The summed E-state index contributed by atoms with van der Waals surface area (Å²) in [5.41, 5.74) is 3.69. The van der Waals surface area contributed by atoms with E-state index in [1.165, 1.54) is 16.5 Å². The van der Waals surface area contributed by atoms with Gasteiger partial charge in [0.2, 0.25) is 5.91 Å². The van der Waals surface area contributed by atoms with E-state index in [1.807, 2.05) is 12.3 Å². The Hall–Kier alpha value is -2.72. The molecule has 2 aromatic carbocycles. The third kappa shape index (κ3) is 3.65. The summed E-state index contributed by atoms with van der Waals surface area (Å²) in [6, 6.07) is 21.8. The zero-order valence-corrected chi connectivity index (χ0v) is 16.6. The smallest absolute Gasteiger partial charge is 0.220 e. The van der Waals surface area contributed by atoms with Gasteiger partial charge < -0.3 is 5.32 Å². The molecule has 0 unspecified atom stereocenters. The van der Waals surface area contributed by atoms with Crippen molar-refractivity contribution < 1.29 is 4.79 Å². The molecule has 148 valence electrons. The van der Waals surface area contributed by atoms with E-state index in [0.717, 1.165) is 37.9 Å². The number of likely N-dealkylation sites (tertiary alicyclic amines) is 1. The standard InChI is InChI=1S/C25H27N3O/c29-24-14-5-4-13-23-25(27-24)21(18-8-2-1-3-9-18)17-28(23)16-19-10-6-12-22-20(19)11-7-15-26-22/h1-3,6-12,15,21,23,25H,4-5,13-14,16-17H2,(H,27,29)/t21-,23+,25-/m0/s1. The quantitative estimate of drug-likeness (QED) is 0.733. The molecule has 2 fully saturated rings. The average molecular weight is 386 g/mol. The van der Waals surface area contributed by atoms with Crippen molar-refractivity contribution >= 4 is 16.8 Å². The predicted molar refractivity (Wildman–Crippen MR) is 116 cm³/mol. The predicted octanol–water partition coefficient (Wildman–Crippen LogP) is 4.26. The van der Waals surface area contributed by atoms with Crippen LogP contribution in [0.4, 0.5) is 0 Å². The van der Waals surface area contributed by atoms with Crippen LogP contribution in [0.25, 0.3) is 10.9 Å². The maximum atomic E-state index is 12.5. The van der Waals surface area contributed by atoms with Crippen LogP contribution in [0, 0.1) is 0 Å². The van der Waals surface area contributed by atoms with Crippen molar-refractivity contribution in [3.05, 3.63) is 78.0 Å². The number of amides is 1. The van der Waals surface area contributed by atoms with Crippen LogP contribution in [0.1, 0.15) is 42.7 Å². The number of nitrogens with zero attached hydrogens (tertiary/aromatic N) is 2. The molecular weight excluding hydrogens is 358 g/mol. The van der Waals surface area contributed by atoms with Crippen molar-refractivity contribution in [2.75, 3.05) is 6.54 Å². The Bertz CT molecular complexity index is 998. The van der Waals surface area contributed by atoms with E-state index in [4.69, 9.17) is 0 Å². The molecular formula is C25H27N3O. The topological polar surface area (TPSA) is 45.2 Å². The summed E-state index contributed by atoms with van der Waals surface area (Å²) in [5.74, 6) is 0.535. The Kier molecular flexibility index (Phi) is 5.03. The lowest BCUT2D eigenvalue weighted by molar-refractivity contribution is -0.122. The largest absolute Gasteiger partial charge is 0.351 e. The molecule has 0 saturated carbocycles. The highest BCUT2D eigenvalue weighted by Crippen LogP contribution is 2.37. The third-order valence-electron chi connectivity index (χ3n) is 6.57. The Balaban J connectivity index is 1.49. The molecule has 0 spiro atoms. The van der Waals surface area contributed by atoms with E-state index in [2.05, 4.69) is 69.8 Å². The summed E-state index contributed by atoms with van der Waals surface area (Å²) < 4.78 is 0. The highest BCUT2D eigenvalue weighted by atomic mass is 16.1. The van der Waals surface area contributed by atoms with Gasteiger partial charge in [-0.3, -0.25) is 14.7 Å². The zero-order chi connectivity index (χ0) is 19.6. The van der Waals surface area contributed by atoms with Gasteiger partial charge in [-0.15, -0.1) is 0 Å². The molecule has 5 rings (SSSR count). The van der Waals surface area contributed by atoms with Crippen LogP contribution < -0.4 is 5.32 Å². The average Bonchev–Trinajstić information content (AvgIpc) is 3.06. The number of fused-ring (bicyclic) bond motifs is 2. The molecule has 4 heteroatoms. The van der Waals surface area contributed by atoms with Crippen molar-refractivity contribution in [1.29, 1.82) is 0 Å². The van der Waals surface area contributed by atoms with E-state index in [1.54, 1.807) is 0 Å². The van der Waals surface area contributed by atoms with Crippen molar-refractivity contribution in [3.8, 4) is 0 Å². The molecule has 0 bridgehead atoms. The fourth-order valence-electron chi connectivity index (χ4n) is 5.17. The fourth-order valence-corrected chi connectivity index (χ4v) is 5.17. The summed E-state index contributed by atoms with van der Waals surface area (Å²) >= 11 is 0. The number of nitrogens with one attached hydrogen (secondary N) is 1. The molecule has 1 aromatic heterocycles. The van der Waals surface area contributed by atoms with Gasteiger partial charge in [-0.25, -0.2) is 0 Å². The van der Waals surface area contributed by atoms with Crippen LogP contribution in [0.2, 0.25) is 0 Å². The number of carbonyl (C=O) groups is 1. The Morgan fingerprint density at radius 1 is 1.00 bits per heavy atom. The van der Waals surface area contributed by atoms with Gasteiger partial charge in [-0.1, -0.05) is 55.0 Å². The molecule has 2 saturated heterocycles. The minimum absolute atomic E-state index is 0.179. The van der Waals surface area contributed by atoms with Gasteiger partial charge in [-0.2, -0.15) is 0 Å². The molecule has 0 radical (unpaired) electrons. The molecule has 1 N–H and O–H groups in total. The van der Waals surface area contributed by atoms with E-state index in [-0.39, 0.29) is 11.9 Å². The number of carbonyl (C=O) groups excluding carboxylic acids is 1. The SMILES string of the molecule is O=C1CCCC[C@@H]2[C@@H](N1)[C@H](c1ccccc1)CN2Cc1cccc2ncccc12. The fraction of sp³-hybridized carbons (Fsp3) is 0.360. The summed E-state index contributed by atoms with van der Waals surface area (Å²) in [7, 11) is 0. The molecule has 0 aliphatic carbocycles. The van der Waals surface area contributed by atoms with Gasteiger partial charge in [0.15, 0.2) is 0 Å². The van der Waals surface area contributed by atoms with Crippen LogP contribution in [0.15, 0.2) is 66.9 Å². The summed E-state index contributed by atoms with van der Waals surface area (Å²) in [4.78, 5) is 19.6. The molecule has 4 nitrogen and oxygen atoms in total. The molecule has 3 atom stereocenters. The van der Waals surface area contributed by atoms with Gasteiger partial charge in [-0.05, 0) is 36.1 Å². The van der Waals surface area contributed by atoms with Crippen LogP contribution in [-0.2, 0) is 11.3 Å². The molecule has 2 aliphatic heterocycles. The first-order chi connectivity index (χ1) is 14.3. The monoisotopic (exact) mass is 385 g/mol. The second-order valence-electron chi connectivity index (χ2n) is 8.34. The lowest BCUT2D eigenvalue weighted by Crippen LogP contribution is -2.47. The lowest BCUT2D eigenvalue weighted by Gasteiger charge is -2.31. The Labute approximate surface area is 171 Å². The summed E-state index contributed by atoms with van der Waals surface area (Å²) in [6.45, 7) is 1.86. The first-order valence-electron chi connectivity index (χ1n) is 10.7. The molecule has 3 heterocycles. The number of pyridine rings is 1. The minimum atomic E-state index is 0.179. The van der Waals surface area contributed by atoms with Gasteiger partial charge in [0, 0.05) is 43.1 Å². The van der Waals surface area contributed by atoms with Crippen molar-refractivity contribution in [2.45, 2.75) is 50.2 Å². The second kappa shape index (κ2) is 7.96. The van der Waals surface area contributed by atoms with Gasteiger partial charge >= 0.3 is 0 Å². The third-order valence-corrected chi connectivity index (χ3v) is 6.57. The summed E-state index contributed by atoms with van der Waals surface area (Å²) in [6.07, 6.45) is 5.74. The number of hydrogen-bond acceptors (Lipinski definition) is 3. The van der Waals surface area contributed by atoms with Crippen LogP contribution in [0.3, 0.4) is 0 Å². The number of rotatable bonds is 3. The maximum Gasteiger partial charge on any atom is 0.220 e. The number of benzene rings is 2. The van der Waals surface area contributed by atoms with Crippen LogP contribution in [-0.4, -0.2) is 34.4 Å². The minimum Gasteiger partial charge on any atom is -0.351 e. The first-order valence-corrected chi connectivity index (χ1v) is 10.7. The number of aromatic nitrogens is 1. The highest BCUT2D eigenvalue weighted by molar-refractivity contribution is 5.82. The van der Waals surface area contributed by atoms with Crippen LogP contribution in [0.5, 0.6) is 0 Å². The van der Waals surface area contributed by atoms with E-state index in [0.29, 0.717) is 18.4 Å². The highest BCUT2D eigenvalue weighted by Gasteiger charge is 2.43. The molecule has 3 aromatic rings. The Morgan fingerprint density at radius 3 is 2.79 bits per heavy atom. The van der Waals surface area contributed by atoms with E-state index in [9.17, 15) is 4.79 Å². The molecule has 29 heavy (non-hydrogen) atoms. The van der Waals surface area contributed by atoms with Crippen molar-refractivity contribution in [3.63, 3.8) is 0 Å². The summed E-state index contributed by atoms with van der Waals surface area (Å²) in [5, 5.41) is 4.62. The lowest BCUT2D eigenvalue weighted by atomic mass is 9.88. The maximum absolute atomic E-state index is 12.5. The van der Waals surface area contributed by atoms with E-state index >= 15 is 0 Å². The zero-order valence-electron chi connectivity index (χ0n) is 16.6. The normalized spacial score (nSPS) is 25.2. The molecule has 1 amide bonds. The first kappa shape index (κ1) is 18.3. The number of hydrogen-bond donors (Lipinski definition) is 1. The van der Waals surface area contributed by atoms with E-state index < -0.39 is 0 Å². The Morgan fingerprint density at radius 2 is 1.90 bits per heavy atom. The van der Waals surface area contributed by atoms with Gasteiger partial charge in [0.05, 0.1) is 11.6 Å².